The second-order valence-corrected chi connectivity index (χ2v) is 7.97. The SMILES string of the molecule is CC1CN(S(=O)(=O)c2ccc(Cl)c(C#N)c2)c2ccccc2NC1=O. The minimum atomic E-state index is -3.97. The third kappa shape index (κ3) is 3.06. The molecule has 8 heteroatoms. The Bertz CT molecular complexity index is 998. The van der Waals surface area contributed by atoms with Crippen LogP contribution in [0.4, 0.5) is 11.4 Å². The van der Waals surface area contributed by atoms with E-state index in [1.807, 2.05) is 6.07 Å². The van der Waals surface area contributed by atoms with Gasteiger partial charge in [0.05, 0.1) is 32.8 Å². The summed E-state index contributed by atoms with van der Waals surface area (Å²) in [6.07, 6.45) is 0. The number of nitriles is 1. The van der Waals surface area contributed by atoms with Crippen LogP contribution in [0.15, 0.2) is 47.4 Å². The predicted molar refractivity (Wildman–Crippen MR) is 94.9 cm³/mol. The number of rotatable bonds is 2. The molecule has 0 radical (unpaired) electrons. The molecule has 1 heterocycles. The molecule has 0 aliphatic carbocycles. The second-order valence-electron chi connectivity index (χ2n) is 5.70. The molecule has 25 heavy (non-hydrogen) atoms. The van der Waals surface area contributed by atoms with Crippen molar-refractivity contribution in [3.63, 3.8) is 0 Å². The molecule has 0 spiro atoms. The van der Waals surface area contributed by atoms with Gasteiger partial charge in [-0.3, -0.25) is 9.10 Å². The Morgan fingerprint density at radius 1 is 1.28 bits per heavy atom. The summed E-state index contributed by atoms with van der Waals surface area (Å²) in [5, 5.41) is 12.0. The molecular formula is C17H14ClN3O3S. The van der Waals surface area contributed by atoms with Crippen LogP contribution in [0.1, 0.15) is 12.5 Å². The summed E-state index contributed by atoms with van der Waals surface area (Å²) >= 11 is 5.90. The highest BCUT2D eigenvalue weighted by Crippen LogP contribution is 2.34. The highest BCUT2D eigenvalue weighted by atomic mass is 35.5. The van der Waals surface area contributed by atoms with Gasteiger partial charge in [0.2, 0.25) is 5.91 Å². The van der Waals surface area contributed by atoms with Crippen molar-refractivity contribution in [2.24, 2.45) is 5.92 Å². The van der Waals surface area contributed by atoms with Crippen LogP contribution in [0.3, 0.4) is 0 Å². The van der Waals surface area contributed by atoms with Crippen LogP contribution in [0.5, 0.6) is 0 Å². The summed E-state index contributed by atoms with van der Waals surface area (Å²) in [7, 11) is -3.97. The third-order valence-electron chi connectivity index (χ3n) is 3.96. The van der Waals surface area contributed by atoms with Crippen molar-refractivity contribution in [1.29, 1.82) is 5.26 Å². The number of anilines is 2. The van der Waals surface area contributed by atoms with E-state index in [2.05, 4.69) is 5.32 Å². The fourth-order valence-electron chi connectivity index (χ4n) is 2.59. The van der Waals surface area contributed by atoms with Crippen molar-refractivity contribution in [3.05, 3.63) is 53.1 Å². The van der Waals surface area contributed by atoms with Crippen molar-refractivity contribution < 1.29 is 13.2 Å². The van der Waals surface area contributed by atoms with E-state index in [0.29, 0.717) is 11.4 Å². The molecule has 1 amide bonds. The van der Waals surface area contributed by atoms with Crippen LogP contribution in [-0.4, -0.2) is 20.9 Å². The van der Waals surface area contributed by atoms with E-state index >= 15 is 0 Å². The molecule has 0 saturated heterocycles. The number of fused-ring (bicyclic) bond motifs is 1. The summed E-state index contributed by atoms with van der Waals surface area (Å²) in [4.78, 5) is 12.1. The Balaban J connectivity index is 2.16. The molecule has 2 aromatic carbocycles. The summed E-state index contributed by atoms with van der Waals surface area (Å²) in [6.45, 7) is 1.65. The number of halogens is 1. The number of benzene rings is 2. The molecule has 0 fully saturated rings. The fourth-order valence-corrected chi connectivity index (χ4v) is 4.35. The summed E-state index contributed by atoms with van der Waals surface area (Å²) < 4.78 is 27.5. The molecular weight excluding hydrogens is 362 g/mol. The zero-order valence-corrected chi connectivity index (χ0v) is 14.8. The molecule has 128 valence electrons. The smallest absolute Gasteiger partial charge is 0.264 e. The monoisotopic (exact) mass is 375 g/mol. The van der Waals surface area contributed by atoms with Crippen molar-refractivity contribution in [2.75, 3.05) is 16.2 Å². The van der Waals surface area contributed by atoms with Crippen LogP contribution in [0.2, 0.25) is 5.02 Å². The van der Waals surface area contributed by atoms with Crippen LogP contribution >= 0.6 is 11.6 Å². The minimum absolute atomic E-state index is 0.00427. The first-order valence-corrected chi connectivity index (χ1v) is 9.28. The first-order chi connectivity index (χ1) is 11.8. The lowest BCUT2D eigenvalue weighted by atomic mass is 10.2. The highest BCUT2D eigenvalue weighted by molar-refractivity contribution is 7.92. The van der Waals surface area contributed by atoms with Crippen molar-refractivity contribution in [2.45, 2.75) is 11.8 Å². The molecule has 6 nitrogen and oxygen atoms in total. The lowest BCUT2D eigenvalue weighted by Crippen LogP contribution is -2.35. The molecule has 1 aliphatic rings. The van der Waals surface area contributed by atoms with Gasteiger partial charge >= 0.3 is 0 Å². The van der Waals surface area contributed by atoms with Gasteiger partial charge in [0, 0.05) is 6.54 Å². The average molecular weight is 376 g/mol. The van der Waals surface area contributed by atoms with Gasteiger partial charge in [0.15, 0.2) is 0 Å². The molecule has 1 atom stereocenters. The number of para-hydroxylation sites is 2. The third-order valence-corrected chi connectivity index (χ3v) is 6.07. The number of sulfonamides is 1. The van der Waals surface area contributed by atoms with E-state index < -0.39 is 15.9 Å². The van der Waals surface area contributed by atoms with Crippen molar-refractivity contribution in [3.8, 4) is 6.07 Å². The Morgan fingerprint density at radius 3 is 2.72 bits per heavy atom. The summed E-state index contributed by atoms with van der Waals surface area (Å²) in [5.74, 6) is -0.788. The van der Waals surface area contributed by atoms with Crippen LogP contribution in [0, 0.1) is 17.2 Å². The zero-order valence-electron chi connectivity index (χ0n) is 13.2. The first kappa shape index (κ1) is 17.3. The van der Waals surface area contributed by atoms with Gasteiger partial charge in [-0.2, -0.15) is 5.26 Å². The molecule has 2 aromatic rings. The highest BCUT2D eigenvalue weighted by Gasteiger charge is 2.33. The standard InChI is InChI=1S/C17H14ClN3O3S/c1-11-10-21(16-5-3-2-4-15(16)20-17(11)22)25(23,24)13-6-7-14(18)12(8-13)9-19/h2-8,11H,10H2,1H3,(H,20,22). The molecule has 1 aliphatic heterocycles. The topological polar surface area (TPSA) is 90.3 Å². The molecule has 3 rings (SSSR count). The van der Waals surface area contributed by atoms with Gasteiger partial charge < -0.3 is 5.32 Å². The Kier molecular flexibility index (Phi) is 4.41. The number of carbonyl (C=O) groups excluding carboxylic acids is 1. The second kappa shape index (κ2) is 6.39. The summed E-state index contributed by atoms with van der Waals surface area (Å²) in [6, 6.07) is 12.5. The van der Waals surface area contributed by atoms with Crippen LogP contribution in [-0.2, 0) is 14.8 Å². The van der Waals surface area contributed by atoms with E-state index in [1.54, 1.807) is 31.2 Å². The maximum Gasteiger partial charge on any atom is 0.264 e. The number of hydrogen-bond donors (Lipinski definition) is 1. The number of nitrogens with one attached hydrogen (secondary N) is 1. The fraction of sp³-hybridized carbons (Fsp3) is 0.176. The lowest BCUT2D eigenvalue weighted by molar-refractivity contribution is -0.119. The minimum Gasteiger partial charge on any atom is -0.324 e. The Morgan fingerprint density at radius 2 is 2.00 bits per heavy atom. The van der Waals surface area contributed by atoms with Crippen LogP contribution < -0.4 is 9.62 Å². The molecule has 1 unspecified atom stereocenters. The number of carbonyl (C=O) groups is 1. The average Bonchev–Trinajstić information content (AvgIpc) is 2.72. The van der Waals surface area contributed by atoms with E-state index in [9.17, 15) is 13.2 Å². The lowest BCUT2D eigenvalue weighted by Gasteiger charge is -2.25. The molecule has 0 aromatic heterocycles. The van der Waals surface area contributed by atoms with Gasteiger partial charge in [-0.25, -0.2) is 8.42 Å². The predicted octanol–water partition coefficient (Wildman–Crippen LogP) is 3.00. The maximum atomic E-state index is 13.2. The maximum absolute atomic E-state index is 13.2. The quantitative estimate of drug-likeness (QED) is 0.873. The van der Waals surface area contributed by atoms with Gasteiger partial charge in [0.1, 0.15) is 6.07 Å². The van der Waals surface area contributed by atoms with Gasteiger partial charge in [0.25, 0.3) is 10.0 Å². The van der Waals surface area contributed by atoms with E-state index in [1.165, 1.54) is 22.5 Å². The summed E-state index contributed by atoms with van der Waals surface area (Å²) in [5.41, 5.74) is 0.886. The van der Waals surface area contributed by atoms with E-state index in [0.717, 1.165) is 0 Å². The Labute approximate surface area is 150 Å². The van der Waals surface area contributed by atoms with E-state index in [-0.39, 0.29) is 27.9 Å². The Hall–Kier alpha value is -2.56. The van der Waals surface area contributed by atoms with Crippen LogP contribution in [0.25, 0.3) is 0 Å². The largest absolute Gasteiger partial charge is 0.324 e. The van der Waals surface area contributed by atoms with Gasteiger partial charge in [-0.05, 0) is 30.3 Å². The molecule has 1 N–H and O–H groups in total. The van der Waals surface area contributed by atoms with Crippen molar-refractivity contribution in [1.82, 2.24) is 0 Å². The first-order valence-electron chi connectivity index (χ1n) is 7.47. The molecule has 0 saturated carbocycles. The zero-order chi connectivity index (χ0) is 18.2. The van der Waals surface area contributed by atoms with E-state index in [4.69, 9.17) is 16.9 Å². The normalized spacial score (nSPS) is 17.2. The van der Waals surface area contributed by atoms with Crippen molar-refractivity contribution >= 4 is 38.9 Å². The molecule has 0 bridgehead atoms. The van der Waals surface area contributed by atoms with Gasteiger partial charge in [-0.15, -0.1) is 0 Å². The van der Waals surface area contributed by atoms with Gasteiger partial charge in [-0.1, -0.05) is 30.7 Å². The number of amides is 1. The number of nitrogens with zero attached hydrogens (tertiary/aromatic N) is 2. The number of hydrogen-bond acceptors (Lipinski definition) is 4.